The lowest BCUT2D eigenvalue weighted by molar-refractivity contribution is 0.194. The van der Waals surface area contributed by atoms with Crippen LogP contribution in [0.2, 0.25) is 0 Å². The van der Waals surface area contributed by atoms with Crippen LogP contribution in [0.25, 0.3) is 0 Å². The van der Waals surface area contributed by atoms with Crippen LogP contribution >= 0.6 is 0 Å². The lowest BCUT2D eigenvalue weighted by Crippen LogP contribution is -2.52. The normalized spacial score (nSPS) is 14.3. The van der Waals surface area contributed by atoms with Crippen LogP contribution in [0.1, 0.15) is 5.56 Å². The van der Waals surface area contributed by atoms with Crippen LogP contribution in [0.3, 0.4) is 0 Å². The maximum Gasteiger partial charge on any atom is 0.317 e. The molecule has 25 heavy (non-hydrogen) atoms. The predicted molar refractivity (Wildman–Crippen MR) is 100 cm³/mol. The van der Waals surface area contributed by atoms with Gasteiger partial charge in [-0.3, -0.25) is 0 Å². The van der Waals surface area contributed by atoms with Gasteiger partial charge in [-0.15, -0.1) is 0 Å². The summed E-state index contributed by atoms with van der Waals surface area (Å²) < 4.78 is 5.15. The third kappa shape index (κ3) is 4.66. The Kier molecular flexibility index (Phi) is 5.77. The number of nitrogens with zero attached hydrogens (tertiary/aromatic N) is 2. The summed E-state index contributed by atoms with van der Waals surface area (Å²) in [5.41, 5.74) is 2.41. The second-order valence-electron chi connectivity index (χ2n) is 6.14. The Bertz CT molecular complexity index is 665. The monoisotopic (exact) mass is 339 g/mol. The Labute approximate surface area is 149 Å². The molecule has 0 aromatic heterocycles. The Morgan fingerprint density at radius 3 is 2.32 bits per heavy atom. The minimum absolute atomic E-state index is 0.0289. The van der Waals surface area contributed by atoms with Gasteiger partial charge in [0.05, 0.1) is 7.11 Å². The molecule has 2 amide bonds. The van der Waals surface area contributed by atoms with E-state index in [1.165, 1.54) is 11.3 Å². The summed E-state index contributed by atoms with van der Waals surface area (Å²) in [6.45, 7) is 3.89. The van der Waals surface area contributed by atoms with Gasteiger partial charge in [0, 0.05) is 38.4 Å². The average Bonchev–Trinajstić information content (AvgIpc) is 2.69. The van der Waals surface area contributed by atoms with Crippen molar-refractivity contribution in [2.75, 3.05) is 44.7 Å². The Morgan fingerprint density at radius 1 is 1.00 bits per heavy atom. The quantitative estimate of drug-likeness (QED) is 0.911. The molecule has 132 valence electrons. The molecule has 1 heterocycles. The Hall–Kier alpha value is -2.69. The second-order valence-corrected chi connectivity index (χ2v) is 6.14. The van der Waals surface area contributed by atoms with Crippen LogP contribution in [-0.4, -0.2) is 50.8 Å². The summed E-state index contributed by atoms with van der Waals surface area (Å²) in [6.07, 6.45) is 0.819. The van der Waals surface area contributed by atoms with E-state index >= 15 is 0 Å². The largest absolute Gasteiger partial charge is 0.497 e. The van der Waals surface area contributed by atoms with Gasteiger partial charge >= 0.3 is 6.03 Å². The number of benzene rings is 2. The van der Waals surface area contributed by atoms with E-state index in [9.17, 15) is 4.79 Å². The van der Waals surface area contributed by atoms with Crippen molar-refractivity contribution in [1.82, 2.24) is 10.2 Å². The topological polar surface area (TPSA) is 44.8 Å². The summed E-state index contributed by atoms with van der Waals surface area (Å²) in [5.74, 6) is 0.851. The molecule has 2 aromatic carbocycles. The summed E-state index contributed by atoms with van der Waals surface area (Å²) >= 11 is 0. The Balaban J connectivity index is 1.40. The molecule has 0 atom stereocenters. The van der Waals surface area contributed by atoms with Crippen LogP contribution in [0.15, 0.2) is 54.6 Å². The fraction of sp³-hybridized carbons (Fsp3) is 0.350. The number of carbonyl (C=O) groups is 1. The van der Waals surface area contributed by atoms with Crippen molar-refractivity contribution in [1.29, 1.82) is 0 Å². The van der Waals surface area contributed by atoms with Gasteiger partial charge in [0.15, 0.2) is 0 Å². The van der Waals surface area contributed by atoms with Gasteiger partial charge in [0.2, 0.25) is 0 Å². The number of nitrogens with one attached hydrogen (secondary N) is 1. The number of amides is 2. The summed E-state index contributed by atoms with van der Waals surface area (Å²) in [7, 11) is 1.66. The molecule has 2 aromatic rings. The minimum Gasteiger partial charge on any atom is -0.497 e. The highest BCUT2D eigenvalue weighted by molar-refractivity contribution is 5.74. The first-order chi connectivity index (χ1) is 12.3. The van der Waals surface area contributed by atoms with Gasteiger partial charge < -0.3 is 19.9 Å². The molecular weight excluding hydrogens is 314 g/mol. The zero-order chi connectivity index (χ0) is 17.5. The fourth-order valence-corrected chi connectivity index (χ4v) is 3.02. The van der Waals surface area contributed by atoms with Crippen molar-refractivity contribution >= 4 is 11.7 Å². The van der Waals surface area contributed by atoms with Crippen LogP contribution < -0.4 is 15.0 Å². The number of hydrogen-bond acceptors (Lipinski definition) is 3. The lowest BCUT2D eigenvalue weighted by Gasteiger charge is -2.36. The molecule has 1 aliphatic heterocycles. The fourth-order valence-electron chi connectivity index (χ4n) is 3.02. The molecule has 1 fully saturated rings. The number of anilines is 1. The number of para-hydroxylation sites is 1. The first-order valence-electron chi connectivity index (χ1n) is 8.72. The lowest BCUT2D eigenvalue weighted by atomic mass is 10.1. The molecule has 1 N–H and O–H groups in total. The highest BCUT2D eigenvalue weighted by atomic mass is 16.5. The van der Waals surface area contributed by atoms with Crippen molar-refractivity contribution in [3.05, 3.63) is 60.2 Å². The number of carbonyl (C=O) groups excluding carboxylic acids is 1. The molecule has 3 rings (SSSR count). The molecular formula is C20H25N3O2. The van der Waals surface area contributed by atoms with Crippen LogP contribution in [-0.2, 0) is 6.42 Å². The van der Waals surface area contributed by atoms with E-state index in [0.29, 0.717) is 6.54 Å². The van der Waals surface area contributed by atoms with Gasteiger partial charge in [-0.1, -0.05) is 30.3 Å². The zero-order valence-electron chi connectivity index (χ0n) is 14.6. The van der Waals surface area contributed by atoms with E-state index < -0.39 is 0 Å². The molecule has 0 bridgehead atoms. The second kappa shape index (κ2) is 8.42. The number of methoxy groups -OCH3 is 1. The maximum absolute atomic E-state index is 12.3. The number of piperazine rings is 1. The molecule has 5 nitrogen and oxygen atoms in total. The number of ether oxygens (including phenoxy) is 1. The molecule has 0 saturated carbocycles. The van der Waals surface area contributed by atoms with Crippen LogP contribution in [0.4, 0.5) is 10.5 Å². The number of rotatable bonds is 5. The molecule has 0 unspecified atom stereocenters. The summed E-state index contributed by atoms with van der Waals surface area (Å²) in [6, 6.07) is 18.3. The standard InChI is InChI=1S/C20H25N3O2/c1-25-19-9-7-17(8-10-19)11-12-21-20(24)23-15-13-22(14-16-23)18-5-3-2-4-6-18/h2-10H,11-16H2,1H3,(H,21,24). The third-order valence-corrected chi connectivity index (χ3v) is 4.54. The molecule has 0 spiro atoms. The highest BCUT2D eigenvalue weighted by Crippen LogP contribution is 2.15. The van der Waals surface area contributed by atoms with Gasteiger partial charge in [-0.2, -0.15) is 0 Å². The summed E-state index contributed by atoms with van der Waals surface area (Å²) in [4.78, 5) is 16.5. The van der Waals surface area contributed by atoms with E-state index in [1.54, 1.807) is 7.11 Å². The molecule has 5 heteroatoms. The number of urea groups is 1. The third-order valence-electron chi connectivity index (χ3n) is 4.54. The minimum atomic E-state index is 0.0289. The number of hydrogen-bond donors (Lipinski definition) is 1. The summed E-state index contributed by atoms with van der Waals surface area (Å²) in [5, 5.41) is 3.02. The van der Waals surface area contributed by atoms with E-state index in [2.05, 4.69) is 22.3 Å². The van der Waals surface area contributed by atoms with E-state index in [0.717, 1.165) is 38.3 Å². The van der Waals surface area contributed by atoms with Crippen molar-refractivity contribution in [2.24, 2.45) is 0 Å². The van der Waals surface area contributed by atoms with Crippen LogP contribution in [0.5, 0.6) is 5.75 Å². The smallest absolute Gasteiger partial charge is 0.317 e. The van der Waals surface area contributed by atoms with Gasteiger partial charge in [-0.05, 0) is 36.2 Å². The molecule has 1 aliphatic rings. The average molecular weight is 339 g/mol. The molecule has 0 radical (unpaired) electrons. The highest BCUT2D eigenvalue weighted by Gasteiger charge is 2.20. The maximum atomic E-state index is 12.3. The van der Waals surface area contributed by atoms with Crippen molar-refractivity contribution in [3.63, 3.8) is 0 Å². The predicted octanol–water partition coefficient (Wildman–Crippen LogP) is 2.77. The van der Waals surface area contributed by atoms with Gasteiger partial charge in [-0.25, -0.2) is 4.79 Å². The first-order valence-corrected chi connectivity index (χ1v) is 8.72. The van der Waals surface area contributed by atoms with E-state index in [1.807, 2.05) is 47.4 Å². The molecule has 1 saturated heterocycles. The van der Waals surface area contributed by atoms with E-state index in [4.69, 9.17) is 4.74 Å². The van der Waals surface area contributed by atoms with Crippen molar-refractivity contribution in [3.8, 4) is 5.75 Å². The van der Waals surface area contributed by atoms with E-state index in [-0.39, 0.29) is 6.03 Å². The molecule has 0 aliphatic carbocycles. The Morgan fingerprint density at radius 2 is 1.68 bits per heavy atom. The van der Waals surface area contributed by atoms with Crippen LogP contribution in [0, 0.1) is 0 Å². The van der Waals surface area contributed by atoms with Gasteiger partial charge in [0.1, 0.15) is 5.75 Å². The first kappa shape index (κ1) is 17.1. The zero-order valence-corrected chi connectivity index (χ0v) is 14.6. The van der Waals surface area contributed by atoms with Gasteiger partial charge in [0.25, 0.3) is 0 Å². The van der Waals surface area contributed by atoms with Crippen molar-refractivity contribution < 1.29 is 9.53 Å². The van der Waals surface area contributed by atoms with Crippen molar-refractivity contribution in [2.45, 2.75) is 6.42 Å². The SMILES string of the molecule is COc1ccc(CCNC(=O)N2CCN(c3ccccc3)CC2)cc1.